The fourth-order valence-corrected chi connectivity index (χ4v) is 5.07. The molecule has 5 nitrogen and oxygen atoms in total. The number of hydrogen-bond donors (Lipinski definition) is 1. The molecule has 0 radical (unpaired) electrons. The predicted molar refractivity (Wildman–Crippen MR) is 134 cm³/mol. The van der Waals surface area contributed by atoms with Crippen LogP contribution >= 0.6 is 11.6 Å². The third kappa shape index (κ3) is 3.58. The van der Waals surface area contributed by atoms with Crippen LogP contribution in [0.5, 0.6) is 0 Å². The van der Waals surface area contributed by atoms with Crippen LogP contribution in [0.4, 0.5) is 0 Å². The van der Waals surface area contributed by atoms with Crippen molar-refractivity contribution in [3.63, 3.8) is 0 Å². The SMILES string of the molecule is CCN[C@H]1C[C@@H](c2nc(-c3ccc4ccc(-c5ccccc5)nc4c3)c3c(Cl)nccn32)C1. The van der Waals surface area contributed by atoms with Gasteiger partial charge in [0.2, 0.25) is 0 Å². The number of hydrogen-bond acceptors (Lipinski definition) is 4. The van der Waals surface area contributed by atoms with E-state index in [0.29, 0.717) is 17.1 Å². The lowest BCUT2D eigenvalue weighted by Crippen LogP contribution is -2.40. The summed E-state index contributed by atoms with van der Waals surface area (Å²) in [5, 5.41) is 5.10. The van der Waals surface area contributed by atoms with E-state index in [0.717, 1.165) is 64.1 Å². The van der Waals surface area contributed by atoms with E-state index in [4.69, 9.17) is 21.6 Å². The molecular formula is C27H24ClN5. The molecule has 1 fully saturated rings. The van der Waals surface area contributed by atoms with Crippen molar-refractivity contribution in [3.8, 4) is 22.5 Å². The molecule has 164 valence electrons. The number of nitrogens with zero attached hydrogens (tertiary/aromatic N) is 4. The molecular weight excluding hydrogens is 430 g/mol. The Hall–Kier alpha value is -3.28. The van der Waals surface area contributed by atoms with Gasteiger partial charge < -0.3 is 5.32 Å². The van der Waals surface area contributed by atoms with Crippen molar-refractivity contribution in [1.82, 2.24) is 24.7 Å². The largest absolute Gasteiger partial charge is 0.314 e. The summed E-state index contributed by atoms with van der Waals surface area (Å²) >= 11 is 6.59. The van der Waals surface area contributed by atoms with E-state index in [1.165, 1.54) is 0 Å². The first kappa shape index (κ1) is 20.3. The van der Waals surface area contributed by atoms with E-state index in [9.17, 15) is 0 Å². The fourth-order valence-electron chi connectivity index (χ4n) is 4.83. The van der Waals surface area contributed by atoms with Gasteiger partial charge >= 0.3 is 0 Å². The fraction of sp³-hybridized carbons (Fsp3) is 0.222. The monoisotopic (exact) mass is 453 g/mol. The third-order valence-electron chi connectivity index (χ3n) is 6.57. The third-order valence-corrected chi connectivity index (χ3v) is 6.85. The lowest BCUT2D eigenvalue weighted by Gasteiger charge is -2.34. The molecule has 33 heavy (non-hydrogen) atoms. The second-order valence-electron chi connectivity index (χ2n) is 8.65. The Bertz CT molecular complexity index is 1450. The number of pyridine rings is 1. The Morgan fingerprint density at radius 2 is 1.82 bits per heavy atom. The van der Waals surface area contributed by atoms with E-state index >= 15 is 0 Å². The minimum Gasteiger partial charge on any atom is -0.314 e. The first-order valence-electron chi connectivity index (χ1n) is 11.4. The van der Waals surface area contributed by atoms with Crippen LogP contribution in [0.25, 0.3) is 38.9 Å². The molecule has 0 spiro atoms. The average molecular weight is 454 g/mol. The van der Waals surface area contributed by atoms with Crippen LogP contribution in [0, 0.1) is 0 Å². The van der Waals surface area contributed by atoms with E-state index in [1.54, 1.807) is 6.20 Å². The Kier molecular flexibility index (Phi) is 5.08. The summed E-state index contributed by atoms with van der Waals surface area (Å²) in [6.45, 7) is 3.15. The second-order valence-corrected chi connectivity index (χ2v) is 9.01. The molecule has 6 rings (SSSR count). The van der Waals surface area contributed by atoms with Crippen molar-refractivity contribution in [2.45, 2.75) is 31.7 Å². The topological polar surface area (TPSA) is 55.1 Å². The van der Waals surface area contributed by atoms with Gasteiger partial charge in [0, 0.05) is 40.9 Å². The van der Waals surface area contributed by atoms with Gasteiger partial charge in [0.05, 0.1) is 16.9 Å². The summed E-state index contributed by atoms with van der Waals surface area (Å²) in [5.74, 6) is 1.47. The van der Waals surface area contributed by atoms with Gasteiger partial charge in [-0.2, -0.15) is 0 Å². The Labute approximate surface area is 197 Å². The molecule has 2 aromatic carbocycles. The van der Waals surface area contributed by atoms with Gasteiger partial charge in [-0.15, -0.1) is 0 Å². The molecule has 1 aliphatic carbocycles. The maximum Gasteiger partial charge on any atom is 0.155 e. The molecule has 3 aromatic heterocycles. The van der Waals surface area contributed by atoms with Crippen molar-refractivity contribution in [1.29, 1.82) is 0 Å². The highest BCUT2D eigenvalue weighted by atomic mass is 35.5. The van der Waals surface area contributed by atoms with Crippen molar-refractivity contribution in [2.24, 2.45) is 0 Å². The van der Waals surface area contributed by atoms with Gasteiger partial charge in [0.25, 0.3) is 0 Å². The number of benzene rings is 2. The average Bonchev–Trinajstić information content (AvgIpc) is 3.21. The lowest BCUT2D eigenvalue weighted by molar-refractivity contribution is 0.286. The molecule has 0 aliphatic heterocycles. The first-order valence-corrected chi connectivity index (χ1v) is 11.8. The minimum absolute atomic E-state index is 0.414. The zero-order valence-corrected chi connectivity index (χ0v) is 19.1. The molecule has 5 aromatic rings. The summed E-state index contributed by atoms with van der Waals surface area (Å²) in [7, 11) is 0. The highest BCUT2D eigenvalue weighted by molar-refractivity contribution is 6.33. The predicted octanol–water partition coefficient (Wildman–Crippen LogP) is 6.12. The molecule has 1 aliphatic rings. The quantitative estimate of drug-likeness (QED) is 0.348. The number of nitrogens with one attached hydrogen (secondary N) is 1. The summed E-state index contributed by atoms with van der Waals surface area (Å²) in [6.07, 6.45) is 5.90. The molecule has 1 saturated carbocycles. The normalized spacial score (nSPS) is 18.0. The smallest absolute Gasteiger partial charge is 0.155 e. The van der Waals surface area contributed by atoms with Crippen LogP contribution in [0.1, 0.15) is 31.5 Å². The maximum absolute atomic E-state index is 6.59. The van der Waals surface area contributed by atoms with Crippen molar-refractivity contribution < 1.29 is 0 Å². The first-order chi connectivity index (χ1) is 16.2. The van der Waals surface area contributed by atoms with Crippen molar-refractivity contribution in [2.75, 3.05) is 6.54 Å². The molecule has 1 N–H and O–H groups in total. The van der Waals surface area contributed by atoms with Crippen LogP contribution in [0.2, 0.25) is 5.15 Å². The van der Waals surface area contributed by atoms with Gasteiger partial charge in [-0.3, -0.25) is 4.40 Å². The van der Waals surface area contributed by atoms with E-state index in [2.05, 4.69) is 64.1 Å². The van der Waals surface area contributed by atoms with Crippen LogP contribution < -0.4 is 5.32 Å². The molecule has 0 amide bonds. The molecule has 0 saturated heterocycles. The van der Waals surface area contributed by atoms with Gasteiger partial charge in [0.15, 0.2) is 5.15 Å². The van der Waals surface area contributed by atoms with E-state index < -0.39 is 0 Å². The number of rotatable bonds is 5. The Morgan fingerprint density at radius 3 is 2.64 bits per heavy atom. The number of halogens is 1. The number of fused-ring (bicyclic) bond motifs is 2. The summed E-state index contributed by atoms with van der Waals surface area (Å²) in [5.41, 5.74) is 5.73. The number of imidazole rings is 1. The minimum atomic E-state index is 0.414. The zero-order valence-electron chi connectivity index (χ0n) is 18.4. The van der Waals surface area contributed by atoms with Gasteiger partial charge in [-0.05, 0) is 31.5 Å². The van der Waals surface area contributed by atoms with Crippen molar-refractivity contribution >= 4 is 28.0 Å². The standard InChI is InChI=1S/C27H24ClN5/c1-2-29-21-14-20(15-21)27-32-24(25-26(28)30-12-13-33(25)27)19-9-8-18-10-11-22(31-23(18)16-19)17-6-4-3-5-7-17/h3-13,16,20-21,29H,2,14-15H2,1H3/t20-,21+. The molecule has 0 unspecified atom stereocenters. The lowest BCUT2D eigenvalue weighted by atomic mass is 9.79. The van der Waals surface area contributed by atoms with Crippen LogP contribution in [0.15, 0.2) is 73.1 Å². The Balaban J connectivity index is 1.45. The second kappa shape index (κ2) is 8.25. The summed E-state index contributed by atoms with van der Waals surface area (Å²) in [4.78, 5) is 14.4. The maximum atomic E-state index is 6.59. The Morgan fingerprint density at radius 1 is 1.00 bits per heavy atom. The van der Waals surface area contributed by atoms with Gasteiger partial charge in [-0.1, -0.05) is 67.1 Å². The van der Waals surface area contributed by atoms with Crippen LogP contribution in [-0.4, -0.2) is 31.9 Å². The van der Waals surface area contributed by atoms with E-state index in [-0.39, 0.29) is 0 Å². The molecule has 6 heteroatoms. The van der Waals surface area contributed by atoms with Crippen molar-refractivity contribution in [3.05, 3.63) is 84.0 Å². The zero-order chi connectivity index (χ0) is 22.4. The summed E-state index contributed by atoms with van der Waals surface area (Å²) in [6, 6.07) is 21.3. The van der Waals surface area contributed by atoms with Gasteiger partial charge in [-0.25, -0.2) is 15.0 Å². The van der Waals surface area contributed by atoms with Crippen LogP contribution in [-0.2, 0) is 0 Å². The summed E-state index contributed by atoms with van der Waals surface area (Å²) < 4.78 is 2.12. The number of aromatic nitrogens is 4. The highest BCUT2D eigenvalue weighted by Gasteiger charge is 2.33. The molecule has 3 heterocycles. The molecule has 0 bridgehead atoms. The van der Waals surface area contributed by atoms with E-state index in [1.807, 2.05) is 24.4 Å². The van der Waals surface area contributed by atoms with Crippen LogP contribution in [0.3, 0.4) is 0 Å². The molecule has 0 atom stereocenters. The highest BCUT2D eigenvalue weighted by Crippen LogP contribution is 2.40. The van der Waals surface area contributed by atoms with Gasteiger partial charge in [0.1, 0.15) is 11.3 Å².